The van der Waals surface area contributed by atoms with Gasteiger partial charge in [-0.2, -0.15) is 13.2 Å². The number of rotatable bonds is 4. The maximum atomic E-state index is 12.7. The number of hydrogen-bond donors (Lipinski definition) is 2. The Balaban J connectivity index is 3.25. The molecule has 0 saturated carbocycles. The van der Waals surface area contributed by atoms with Gasteiger partial charge in [0.15, 0.2) is 0 Å². The second kappa shape index (κ2) is 5.25. The minimum atomic E-state index is -4.72. The third-order valence-electron chi connectivity index (χ3n) is 2.19. The molecule has 0 saturated heterocycles. The van der Waals surface area contributed by atoms with Crippen molar-refractivity contribution in [1.29, 1.82) is 0 Å². The van der Waals surface area contributed by atoms with Crippen molar-refractivity contribution in [2.45, 2.75) is 24.0 Å². The Hall–Kier alpha value is -1.12. The zero-order chi connectivity index (χ0) is 14.0. The van der Waals surface area contributed by atoms with Crippen molar-refractivity contribution in [3.05, 3.63) is 29.8 Å². The minimum absolute atomic E-state index is 0.00653. The molecule has 0 amide bonds. The predicted molar refractivity (Wildman–Crippen MR) is 60.3 cm³/mol. The SMILES string of the molecule is CC(CN)NS(=O)(=O)c1ccccc1C(F)(F)F. The molecular weight excluding hydrogens is 269 g/mol. The van der Waals surface area contributed by atoms with Crippen LogP contribution in [0.4, 0.5) is 13.2 Å². The van der Waals surface area contributed by atoms with E-state index >= 15 is 0 Å². The van der Waals surface area contributed by atoms with Crippen LogP contribution in [0.5, 0.6) is 0 Å². The molecule has 1 rings (SSSR count). The highest BCUT2D eigenvalue weighted by atomic mass is 32.2. The van der Waals surface area contributed by atoms with E-state index < -0.39 is 32.7 Å². The van der Waals surface area contributed by atoms with Gasteiger partial charge in [0.2, 0.25) is 10.0 Å². The van der Waals surface area contributed by atoms with E-state index in [0.717, 1.165) is 18.2 Å². The number of hydrogen-bond acceptors (Lipinski definition) is 3. The van der Waals surface area contributed by atoms with Crippen LogP contribution >= 0.6 is 0 Å². The Morgan fingerprint density at radius 1 is 1.33 bits per heavy atom. The van der Waals surface area contributed by atoms with Gasteiger partial charge in [-0.05, 0) is 19.1 Å². The summed E-state index contributed by atoms with van der Waals surface area (Å²) in [4.78, 5) is -0.794. The van der Waals surface area contributed by atoms with Gasteiger partial charge in [0.25, 0.3) is 0 Å². The molecule has 0 radical (unpaired) electrons. The van der Waals surface area contributed by atoms with Crippen LogP contribution in [0.25, 0.3) is 0 Å². The van der Waals surface area contributed by atoms with E-state index in [1.165, 1.54) is 13.0 Å². The number of halogens is 3. The number of nitrogens with one attached hydrogen (secondary N) is 1. The van der Waals surface area contributed by atoms with Crippen molar-refractivity contribution in [2.75, 3.05) is 6.54 Å². The van der Waals surface area contributed by atoms with Gasteiger partial charge in [0.05, 0.1) is 10.5 Å². The van der Waals surface area contributed by atoms with Gasteiger partial charge in [-0.15, -0.1) is 0 Å². The molecule has 3 N–H and O–H groups in total. The number of nitrogens with two attached hydrogens (primary N) is 1. The lowest BCUT2D eigenvalue weighted by atomic mass is 10.2. The summed E-state index contributed by atoms with van der Waals surface area (Å²) in [5, 5.41) is 0. The van der Waals surface area contributed by atoms with Crippen LogP contribution in [-0.4, -0.2) is 21.0 Å². The summed E-state index contributed by atoms with van der Waals surface area (Å²) in [5.41, 5.74) is 4.04. The summed E-state index contributed by atoms with van der Waals surface area (Å²) in [6.07, 6.45) is -4.72. The molecule has 1 aromatic carbocycles. The topological polar surface area (TPSA) is 72.2 Å². The van der Waals surface area contributed by atoms with Crippen molar-refractivity contribution in [3.8, 4) is 0 Å². The molecule has 0 aliphatic carbocycles. The van der Waals surface area contributed by atoms with E-state index in [4.69, 9.17) is 5.73 Å². The smallest absolute Gasteiger partial charge is 0.329 e. The van der Waals surface area contributed by atoms with E-state index in [2.05, 4.69) is 4.72 Å². The van der Waals surface area contributed by atoms with Crippen molar-refractivity contribution >= 4 is 10.0 Å². The highest BCUT2D eigenvalue weighted by Gasteiger charge is 2.36. The third-order valence-corrected chi connectivity index (χ3v) is 3.84. The molecule has 0 aliphatic heterocycles. The first-order valence-electron chi connectivity index (χ1n) is 5.07. The van der Waals surface area contributed by atoms with Gasteiger partial charge in [-0.3, -0.25) is 0 Å². The Morgan fingerprint density at radius 2 is 1.89 bits per heavy atom. The summed E-state index contributed by atoms with van der Waals surface area (Å²) in [6.45, 7) is 1.46. The first-order chi connectivity index (χ1) is 8.18. The van der Waals surface area contributed by atoms with Crippen LogP contribution in [0.2, 0.25) is 0 Å². The van der Waals surface area contributed by atoms with Crippen LogP contribution < -0.4 is 10.5 Å². The zero-order valence-corrected chi connectivity index (χ0v) is 10.3. The largest absolute Gasteiger partial charge is 0.417 e. The molecular formula is C10H13F3N2O2S. The molecule has 0 aromatic heterocycles. The van der Waals surface area contributed by atoms with Crippen LogP contribution in [-0.2, 0) is 16.2 Å². The van der Waals surface area contributed by atoms with E-state index in [1.54, 1.807) is 0 Å². The fraction of sp³-hybridized carbons (Fsp3) is 0.400. The van der Waals surface area contributed by atoms with Crippen LogP contribution in [0, 0.1) is 0 Å². The fourth-order valence-electron chi connectivity index (χ4n) is 1.31. The summed E-state index contributed by atoms with van der Waals surface area (Å²) >= 11 is 0. The number of benzene rings is 1. The average molecular weight is 282 g/mol. The second-order valence-electron chi connectivity index (χ2n) is 3.75. The lowest BCUT2D eigenvalue weighted by molar-refractivity contribution is -0.139. The molecule has 4 nitrogen and oxygen atoms in total. The predicted octanol–water partition coefficient (Wildman–Crippen LogP) is 1.33. The molecule has 0 spiro atoms. The monoisotopic (exact) mass is 282 g/mol. The molecule has 0 bridgehead atoms. The van der Waals surface area contributed by atoms with E-state index in [0.29, 0.717) is 0 Å². The quantitative estimate of drug-likeness (QED) is 0.875. The van der Waals surface area contributed by atoms with Crippen molar-refractivity contribution < 1.29 is 21.6 Å². The maximum absolute atomic E-state index is 12.7. The van der Waals surface area contributed by atoms with Gasteiger partial charge < -0.3 is 5.73 Å². The highest BCUT2D eigenvalue weighted by molar-refractivity contribution is 7.89. The summed E-state index contributed by atoms with van der Waals surface area (Å²) < 4.78 is 63.7. The van der Waals surface area contributed by atoms with Crippen molar-refractivity contribution in [1.82, 2.24) is 4.72 Å². The summed E-state index contributed by atoms with van der Waals surface area (Å²) in [5.74, 6) is 0. The fourth-order valence-corrected chi connectivity index (χ4v) is 2.80. The van der Waals surface area contributed by atoms with Crippen molar-refractivity contribution in [3.63, 3.8) is 0 Å². The first-order valence-corrected chi connectivity index (χ1v) is 6.55. The molecule has 18 heavy (non-hydrogen) atoms. The zero-order valence-electron chi connectivity index (χ0n) is 9.53. The molecule has 1 aromatic rings. The third kappa shape index (κ3) is 3.44. The Kier molecular flexibility index (Phi) is 4.36. The van der Waals surface area contributed by atoms with Crippen molar-refractivity contribution in [2.24, 2.45) is 5.73 Å². The van der Waals surface area contributed by atoms with Crippen LogP contribution in [0.1, 0.15) is 12.5 Å². The van der Waals surface area contributed by atoms with Gasteiger partial charge in [-0.1, -0.05) is 12.1 Å². The summed E-state index contributed by atoms with van der Waals surface area (Å²) in [7, 11) is -4.24. The Labute approximate surface area is 103 Å². The van der Waals surface area contributed by atoms with E-state index in [1.807, 2.05) is 0 Å². The van der Waals surface area contributed by atoms with Crippen LogP contribution in [0.15, 0.2) is 29.2 Å². The molecule has 0 aliphatic rings. The number of alkyl halides is 3. The maximum Gasteiger partial charge on any atom is 0.417 e. The normalized spacial score (nSPS) is 14.5. The second-order valence-corrected chi connectivity index (χ2v) is 5.43. The lowest BCUT2D eigenvalue weighted by Gasteiger charge is -2.16. The van der Waals surface area contributed by atoms with Gasteiger partial charge >= 0.3 is 6.18 Å². The molecule has 0 fully saturated rings. The first kappa shape index (κ1) is 14.9. The lowest BCUT2D eigenvalue weighted by Crippen LogP contribution is -2.38. The van der Waals surface area contributed by atoms with Crippen LogP contribution in [0.3, 0.4) is 0 Å². The number of sulfonamides is 1. The van der Waals surface area contributed by atoms with E-state index in [-0.39, 0.29) is 6.54 Å². The Morgan fingerprint density at radius 3 is 2.39 bits per heavy atom. The molecule has 1 unspecified atom stereocenters. The van der Waals surface area contributed by atoms with E-state index in [9.17, 15) is 21.6 Å². The standard InChI is InChI=1S/C10H13F3N2O2S/c1-7(6-14)15-18(16,17)9-5-3-2-4-8(9)10(11,12)13/h2-5,7,15H,6,14H2,1H3. The Bertz CT molecular complexity index is 514. The minimum Gasteiger partial charge on any atom is -0.329 e. The molecule has 8 heteroatoms. The van der Waals surface area contributed by atoms with Gasteiger partial charge in [0, 0.05) is 12.6 Å². The molecule has 1 atom stereocenters. The summed E-state index contributed by atoms with van der Waals surface area (Å²) in [6, 6.07) is 3.36. The molecule has 0 heterocycles. The van der Waals surface area contributed by atoms with Gasteiger partial charge in [0.1, 0.15) is 0 Å². The molecule has 102 valence electrons. The highest BCUT2D eigenvalue weighted by Crippen LogP contribution is 2.33. The average Bonchev–Trinajstić information content (AvgIpc) is 2.27. The van der Waals surface area contributed by atoms with Gasteiger partial charge in [-0.25, -0.2) is 13.1 Å².